The van der Waals surface area contributed by atoms with Crippen molar-refractivity contribution < 1.29 is 14.6 Å². The average Bonchev–Trinajstić information content (AvgIpc) is 2.66. The monoisotopic (exact) mass is 288 g/mol. The number of rotatable bonds is 4. The Bertz CT molecular complexity index is 447. The summed E-state index contributed by atoms with van der Waals surface area (Å²) in [6.07, 6.45) is 2.60. The summed E-state index contributed by atoms with van der Waals surface area (Å²) in [7, 11) is 1.64. The summed E-state index contributed by atoms with van der Waals surface area (Å²) in [5.74, 6) is 0. The van der Waals surface area contributed by atoms with Crippen molar-refractivity contribution in [3.05, 3.63) is 16.9 Å². The minimum absolute atomic E-state index is 0.368. The van der Waals surface area contributed by atoms with Crippen LogP contribution >= 0.6 is 11.6 Å². The van der Waals surface area contributed by atoms with Gasteiger partial charge in [0, 0.05) is 20.0 Å². The Morgan fingerprint density at radius 2 is 2.32 bits per heavy atom. The zero-order chi connectivity index (χ0) is 14.1. The van der Waals surface area contributed by atoms with Crippen molar-refractivity contribution in [1.29, 1.82) is 0 Å². The molecule has 0 bridgehead atoms. The second kappa shape index (κ2) is 5.40. The lowest BCUT2D eigenvalue weighted by molar-refractivity contribution is -0.151. The smallest absolute Gasteiger partial charge is 0.113 e. The SMILES string of the molecule is COCCn1ncc(Cl)c1C1(O)CCOC(C)(C)C1. The number of halogens is 1. The molecule has 1 fully saturated rings. The van der Waals surface area contributed by atoms with Crippen molar-refractivity contribution in [2.45, 2.75) is 44.4 Å². The van der Waals surface area contributed by atoms with E-state index in [-0.39, 0.29) is 5.60 Å². The lowest BCUT2D eigenvalue weighted by Gasteiger charge is -2.41. The Morgan fingerprint density at radius 3 is 2.95 bits per heavy atom. The molecule has 0 radical (unpaired) electrons. The van der Waals surface area contributed by atoms with Crippen LogP contribution in [0, 0.1) is 0 Å². The van der Waals surface area contributed by atoms with Gasteiger partial charge in [0.1, 0.15) is 5.60 Å². The maximum absolute atomic E-state index is 11.0. The molecule has 2 heterocycles. The predicted octanol–water partition coefficient (Wildman–Crippen LogP) is 1.96. The van der Waals surface area contributed by atoms with Crippen molar-refractivity contribution in [1.82, 2.24) is 9.78 Å². The molecule has 1 aliphatic rings. The van der Waals surface area contributed by atoms with Crippen LogP contribution in [0.1, 0.15) is 32.4 Å². The molecule has 6 heteroatoms. The highest BCUT2D eigenvalue weighted by atomic mass is 35.5. The van der Waals surface area contributed by atoms with Crippen molar-refractivity contribution in [2.75, 3.05) is 20.3 Å². The third-order valence-electron chi connectivity index (χ3n) is 3.47. The molecule has 1 atom stereocenters. The first-order valence-corrected chi connectivity index (χ1v) is 6.83. The molecule has 0 saturated carbocycles. The molecule has 19 heavy (non-hydrogen) atoms. The summed E-state index contributed by atoms with van der Waals surface area (Å²) < 4.78 is 12.5. The third kappa shape index (κ3) is 3.11. The van der Waals surface area contributed by atoms with Crippen LogP contribution in [0.15, 0.2) is 6.20 Å². The minimum Gasteiger partial charge on any atom is -0.383 e. The minimum atomic E-state index is -0.997. The number of hydrogen-bond donors (Lipinski definition) is 1. The third-order valence-corrected chi connectivity index (χ3v) is 3.75. The number of aromatic nitrogens is 2. The molecule has 0 aliphatic carbocycles. The fourth-order valence-electron chi connectivity index (χ4n) is 2.71. The first-order valence-electron chi connectivity index (χ1n) is 6.45. The first kappa shape index (κ1) is 14.8. The lowest BCUT2D eigenvalue weighted by Crippen LogP contribution is -2.45. The van der Waals surface area contributed by atoms with E-state index in [1.165, 1.54) is 0 Å². The number of hydrogen-bond acceptors (Lipinski definition) is 4. The summed E-state index contributed by atoms with van der Waals surface area (Å²) in [6, 6.07) is 0. The largest absolute Gasteiger partial charge is 0.383 e. The van der Waals surface area contributed by atoms with Crippen LogP contribution in [-0.2, 0) is 21.6 Å². The Kier molecular flexibility index (Phi) is 4.20. The Hall–Kier alpha value is -0.620. The second-order valence-corrected chi connectivity index (χ2v) is 6.03. The van der Waals surface area contributed by atoms with Gasteiger partial charge in [-0.15, -0.1) is 0 Å². The van der Waals surface area contributed by atoms with Crippen LogP contribution in [0.5, 0.6) is 0 Å². The standard InChI is InChI=1S/C13H21ClN2O3/c1-12(2)9-13(17,4-6-19-12)11-10(14)8-15-16(11)5-7-18-3/h8,17H,4-7,9H2,1-3H3. The van der Waals surface area contributed by atoms with E-state index in [4.69, 9.17) is 21.1 Å². The van der Waals surface area contributed by atoms with Crippen molar-refractivity contribution in [2.24, 2.45) is 0 Å². The summed E-state index contributed by atoms with van der Waals surface area (Å²) in [5.41, 5.74) is -0.696. The summed E-state index contributed by atoms with van der Waals surface area (Å²) in [4.78, 5) is 0. The van der Waals surface area contributed by atoms with E-state index < -0.39 is 5.60 Å². The Labute approximate surface area is 118 Å². The van der Waals surface area contributed by atoms with E-state index in [1.807, 2.05) is 13.8 Å². The van der Waals surface area contributed by atoms with Crippen molar-refractivity contribution in [3.63, 3.8) is 0 Å². The van der Waals surface area contributed by atoms with Crippen LogP contribution in [0.2, 0.25) is 5.02 Å². The fraction of sp³-hybridized carbons (Fsp3) is 0.769. The van der Waals surface area contributed by atoms with Crippen LogP contribution in [0.3, 0.4) is 0 Å². The van der Waals surface area contributed by atoms with Gasteiger partial charge in [0.05, 0.1) is 42.3 Å². The molecule has 1 unspecified atom stereocenters. The van der Waals surface area contributed by atoms with Gasteiger partial charge in [-0.2, -0.15) is 5.10 Å². The molecule has 1 aliphatic heterocycles. The molecule has 0 spiro atoms. The molecule has 1 aromatic rings. The summed E-state index contributed by atoms with van der Waals surface area (Å²) in [5, 5.41) is 15.7. The number of methoxy groups -OCH3 is 1. The van der Waals surface area contributed by atoms with E-state index >= 15 is 0 Å². The molecule has 1 N–H and O–H groups in total. The maximum Gasteiger partial charge on any atom is 0.113 e. The van der Waals surface area contributed by atoms with E-state index in [0.717, 1.165) is 0 Å². The normalized spacial score (nSPS) is 26.6. The van der Waals surface area contributed by atoms with Gasteiger partial charge in [-0.25, -0.2) is 0 Å². The Morgan fingerprint density at radius 1 is 1.58 bits per heavy atom. The molecular formula is C13H21ClN2O3. The number of nitrogens with zero attached hydrogens (tertiary/aromatic N) is 2. The van der Waals surface area contributed by atoms with Crippen LogP contribution in [0.25, 0.3) is 0 Å². The molecule has 108 valence electrons. The van der Waals surface area contributed by atoms with Crippen LogP contribution < -0.4 is 0 Å². The van der Waals surface area contributed by atoms with Gasteiger partial charge in [0.25, 0.3) is 0 Å². The lowest BCUT2D eigenvalue weighted by atomic mass is 9.82. The van der Waals surface area contributed by atoms with Gasteiger partial charge < -0.3 is 14.6 Å². The molecular weight excluding hydrogens is 268 g/mol. The van der Waals surface area contributed by atoms with Gasteiger partial charge >= 0.3 is 0 Å². The first-order chi connectivity index (χ1) is 8.88. The Balaban J connectivity index is 2.31. The molecule has 1 saturated heterocycles. The topological polar surface area (TPSA) is 56.5 Å². The number of ether oxygens (including phenoxy) is 2. The zero-order valence-corrected chi connectivity index (χ0v) is 12.4. The highest BCUT2D eigenvalue weighted by Gasteiger charge is 2.44. The van der Waals surface area contributed by atoms with E-state index in [9.17, 15) is 5.11 Å². The molecule has 2 rings (SSSR count). The molecule has 0 amide bonds. The molecule has 5 nitrogen and oxygen atoms in total. The summed E-state index contributed by atoms with van der Waals surface area (Å²) in [6.45, 7) is 5.56. The quantitative estimate of drug-likeness (QED) is 0.920. The number of aliphatic hydroxyl groups is 1. The van der Waals surface area contributed by atoms with Gasteiger partial charge in [0.15, 0.2) is 0 Å². The predicted molar refractivity (Wildman–Crippen MR) is 72.3 cm³/mol. The van der Waals surface area contributed by atoms with Gasteiger partial charge in [0.2, 0.25) is 0 Å². The van der Waals surface area contributed by atoms with Gasteiger partial charge in [-0.05, 0) is 13.8 Å². The maximum atomic E-state index is 11.0. The summed E-state index contributed by atoms with van der Waals surface area (Å²) >= 11 is 6.22. The van der Waals surface area contributed by atoms with E-state index in [2.05, 4.69) is 5.10 Å². The van der Waals surface area contributed by atoms with Crippen LogP contribution in [-0.4, -0.2) is 40.8 Å². The molecule has 1 aromatic heterocycles. The second-order valence-electron chi connectivity index (χ2n) is 5.62. The average molecular weight is 289 g/mol. The zero-order valence-electron chi connectivity index (χ0n) is 11.6. The van der Waals surface area contributed by atoms with Crippen molar-refractivity contribution in [3.8, 4) is 0 Å². The fourth-order valence-corrected chi connectivity index (χ4v) is 3.03. The van der Waals surface area contributed by atoms with Gasteiger partial charge in [-0.1, -0.05) is 11.6 Å². The van der Waals surface area contributed by atoms with E-state index in [0.29, 0.717) is 43.3 Å². The van der Waals surface area contributed by atoms with Gasteiger partial charge in [-0.3, -0.25) is 4.68 Å². The van der Waals surface area contributed by atoms with E-state index in [1.54, 1.807) is 18.0 Å². The highest BCUT2D eigenvalue weighted by Crippen LogP contribution is 2.41. The van der Waals surface area contributed by atoms with Crippen molar-refractivity contribution >= 4 is 11.6 Å². The molecule has 0 aromatic carbocycles. The van der Waals surface area contributed by atoms with Crippen LogP contribution in [0.4, 0.5) is 0 Å². The highest BCUT2D eigenvalue weighted by molar-refractivity contribution is 6.31.